The van der Waals surface area contributed by atoms with Crippen LogP contribution in [-0.2, 0) is 8.85 Å². The average Bonchev–Trinajstić information content (AvgIpc) is 2.91. The molecule has 0 aromatic heterocycles. The van der Waals surface area contributed by atoms with Gasteiger partial charge in [-0.25, -0.2) is 0 Å². The molecular formula is C18H38O2Si2. The third-order valence-corrected chi connectivity index (χ3v) is 15.2. The molecule has 4 heteroatoms. The first kappa shape index (κ1) is 20.1. The van der Waals surface area contributed by atoms with Crippen LogP contribution in [-0.4, -0.2) is 29.8 Å². The van der Waals surface area contributed by atoms with Gasteiger partial charge >= 0.3 is 0 Å². The van der Waals surface area contributed by atoms with Gasteiger partial charge in [-0.3, -0.25) is 0 Å². The molecule has 0 aromatic carbocycles. The molecule has 2 nitrogen and oxygen atoms in total. The Balaban J connectivity index is 2.47. The van der Waals surface area contributed by atoms with E-state index in [-0.39, 0.29) is 10.1 Å². The second kappa shape index (κ2) is 6.19. The van der Waals surface area contributed by atoms with Crippen LogP contribution in [0.5, 0.6) is 0 Å². The van der Waals surface area contributed by atoms with Crippen molar-refractivity contribution in [3.05, 3.63) is 12.2 Å². The van der Waals surface area contributed by atoms with Crippen molar-refractivity contribution in [3.8, 4) is 0 Å². The summed E-state index contributed by atoms with van der Waals surface area (Å²) in [5.41, 5.74) is 1.33. The van der Waals surface area contributed by atoms with Crippen molar-refractivity contribution >= 4 is 16.6 Å². The fraction of sp³-hybridized carbons (Fsp3) is 0.889. The average molecular weight is 343 g/mol. The third kappa shape index (κ3) is 4.56. The molecule has 1 aliphatic carbocycles. The molecule has 0 spiro atoms. The van der Waals surface area contributed by atoms with Gasteiger partial charge < -0.3 is 8.85 Å². The fourth-order valence-corrected chi connectivity index (χ4v) is 3.98. The molecule has 22 heavy (non-hydrogen) atoms. The highest BCUT2D eigenvalue weighted by Crippen LogP contribution is 2.48. The van der Waals surface area contributed by atoms with E-state index in [1.54, 1.807) is 0 Å². The minimum atomic E-state index is -1.65. The second-order valence-electron chi connectivity index (χ2n) is 9.93. The molecule has 0 saturated heterocycles. The summed E-state index contributed by atoms with van der Waals surface area (Å²) in [5, 5.41) is 0.548. The largest absolute Gasteiger partial charge is 0.416 e. The van der Waals surface area contributed by atoms with Crippen LogP contribution in [0.4, 0.5) is 0 Å². The highest BCUT2D eigenvalue weighted by Gasteiger charge is 2.47. The van der Waals surface area contributed by atoms with Gasteiger partial charge in [0.25, 0.3) is 0 Å². The quantitative estimate of drug-likeness (QED) is 0.446. The topological polar surface area (TPSA) is 18.5 Å². The molecule has 0 bridgehead atoms. The van der Waals surface area contributed by atoms with Crippen LogP contribution in [0, 0.1) is 11.8 Å². The molecule has 1 saturated carbocycles. The maximum Gasteiger partial charge on any atom is 0.192 e. The summed E-state index contributed by atoms with van der Waals surface area (Å²) in [6.45, 7) is 28.9. The number of hydrogen-bond donors (Lipinski definition) is 0. The smallest absolute Gasteiger partial charge is 0.192 e. The third-order valence-electron chi connectivity index (χ3n) is 6.19. The van der Waals surface area contributed by atoms with Crippen LogP contribution >= 0.6 is 0 Å². The monoisotopic (exact) mass is 342 g/mol. The minimum Gasteiger partial charge on any atom is -0.416 e. The Hall–Kier alpha value is 0.0938. The zero-order chi connectivity index (χ0) is 17.6. The van der Waals surface area contributed by atoms with Crippen LogP contribution < -0.4 is 0 Å². The molecule has 1 aliphatic rings. The molecule has 2 atom stereocenters. The van der Waals surface area contributed by atoms with E-state index in [2.05, 4.69) is 74.3 Å². The summed E-state index contributed by atoms with van der Waals surface area (Å²) >= 11 is 0. The highest BCUT2D eigenvalue weighted by molar-refractivity contribution is 6.74. The Morgan fingerprint density at radius 3 is 1.27 bits per heavy atom. The van der Waals surface area contributed by atoms with Crippen LogP contribution in [0.3, 0.4) is 0 Å². The van der Waals surface area contributed by atoms with Crippen LogP contribution in [0.2, 0.25) is 36.3 Å². The Labute approximate surface area is 140 Å². The van der Waals surface area contributed by atoms with E-state index in [1.807, 2.05) is 0 Å². The highest BCUT2D eigenvalue weighted by atomic mass is 28.4. The van der Waals surface area contributed by atoms with E-state index in [0.29, 0.717) is 11.8 Å². The van der Waals surface area contributed by atoms with E-state index < -0.39 is 16.6 Å². The molecule has 0 aromatic rings. The van der Waals surface area contributed by atoms with Crippen LogP contribution in [0.1, 0.15) is 41.5 Å². The molecule has 0 heterocycles. The van der Waals surface area contributed by atoms with Crippen molar-refractivity contribution < 1.29 is 8.85 Å². The van der Waals surface area contributed by atoms with Crippen molar-refractivity contribution in [2.45, 2.75) is 77.8 Å². The van der Waals surface area contributed by atoms with E-state index in [4.69, 9.17) is 8.85 Å². The SMILES string of the molecule is C=C1[C@H](CO[Si](C)(C)C(C)(C)C)[C@H]1CO[Si](C)(C)C(C)(C)C. The van der Waals surface area contributed by atoms with Gasteiger partial charge in [-0.15, -0.1) is 0 Å². The lowest BCUT2D eigenvalue weighted by molar-refractivity contribution is 0.233. The molecule has 0 amide bonds. The van der Waals surface area contributed by atoms with E-state index in [9.17, 15) is 0 Å². The molecule has 1 rings (SSSR count). The van der Waals surface area contributed by atoms with Gasteiger partial charge in [0, 0.05) is 25.0 Å². The first-order valence-electron chi connectivity index (χ1n) is 8.57. The summed E-state index contributed by atoms with van der Waals surface area (Å²) in [5.74, 6) is 1.03. The van der Waals surface area contributed by atoms with E-state index >= 15 is 0 Å². The molecule has 0 N–H and O–H groups in total. The summed E-state index contributed by atoms with van der Waals surface area (Å²) in [6.07, 6.45) is 0. The molecule has 130 valence electrons. The zero-order valence-electron chi connectivity index (χ0n) is 16.6. The lowest BCUT2D eigenvalue weighted by atomic mass is 10.2. The predicted octanol–water partition coefficient (Wildman–Crippen LogP) is 5.83. The number of hydrogen-bond acceptors (Lipinski definition) is 2. The second-order valence-corrected chi connectivity index (χ2v) is 19.5. The van der Waals surface area contributed by atoms with Gasteiger partial charge in [0.2, 0.25) is 0 Å². The standard InChI is InChI=1S/C18H38O2Si2/c1-14-15(12-19-21(8,9)17(2,3)4)16(14)13-20-22(10,11)18(5,6)7/h15-16H,1,12-13H2,2-11H3/t15-,16-/m0/s1. The molecule has 0 radical (unpaired) electrons. The van der Waals surface area contributed by atoms with E-state index in [0.717, 1.165) is 13.2 Å². The molecule has 0 aliphatic heterocycles. The molecular weight excluding hydrogens is 304 g/mol. The van der Waals surface area contributed by atoms with E-state index in [1.165, 1.54) is 5.57 Å². The first-order chi connectivity index (χ1) is 9.60. The van der Waals surface area contributed by atoms with Gasteiger partial charge in [0.15, 0.2) is 16.6 Å². The summed E-state index contributed by atoms with van der Waals surface area (Å²) < 4.78 is 12.7. The maximum atomic E-state index is 6.35. The summed E-state index contributed by atoms with van der Waals surface area (Å²) in [6, 6.07) is 0. The van der Waals surface area contributed by atoms with Crippen molar-refractivity contribution in [1.82, 2.24) is 0 Å². The Morgan fingerprint density at radius 2 is 1.05 bits per heavy atom. The number of rotatable bonds is 6. The van der Waals surface area contributed by atoms with Gasteiger partial charge in [-0.2, -0.15) is 0 Å². The van der Waals surface area contributed by atoms with Gasteiger partial charge in [-0.1, -0.05) is 53.7 Å². The molecule has 1 fully saturated rings. The van der Waals surface area contributed by atoms with Gasteiger partial charge in [0.1, 0.15) is 0 Å². The molecule has 0 unspecified atom stereocenters. The van der Waals surface area contributed by atoms with Crippen molar-refractivity contribution in [2.75, 3.05) is 13.2 Å². The first-order valence-corrected chi connectivity index (χ1v) is 14.4. The summed E-state index contributed by atoms with van der Waals surface area (Å²) in [7, 11) is -3.30. The lowest BCUT2D eigenvalue weighted by Gasteiger charge is -2.36. The van der Waals surface area contributed by atoms with Gasteiger partial charge in [-0.05, 0) is 36.3 Å². The predicted molar refractivity (Wildman–Crippen MR) is 102 cm³/mol. The van der Waals surface area contributed by atoms with Crippen LogP contribution in [0.25, 0.3) is 0 Å². The minimum absolute atomic E-state index is 0.274. The van der Waals surface area contributed by atoms with Crippen molar-refractivity contribution in [2.24, 2.45) is 11.8 Å². The summed E-state index contributed by atoms with van der Waals surface area (Å²) in [4.78, 5) is 0. The fourth-order valence-electron chi connectivity index (χ4n) is 1.92. The zero-order valence-corrected chi connectivity index (χ0v) is 18.6. The van der Waals surface area contributed by atoms with Crippen LogP contribution in [0.15, 0.2) is 12.2 Å². The Bertz CT molecular complexity index is 376. The Kier molecular flexibility index (Phi) is 5.67. The Morgan fingerprint density at radius 1 is 0.773 bits per heavy atom. The normalized spacial score (nSPS) is 23.8. The lowest BCUT2D eigenvalue weighted by Crippen LogP contribution is -2.42. The van der Waals surface area contributed by atoms with Gasteiger partial charge in [0.05, 0.1) is 0 Å². The van der Waals surface area contributed by atoms with Crippen molar-refractivity contribution in [1.29, 1.82) is 0 Å². The maximum absolute atomic E-state index is 6.35. The van der Waals surface area contributed by atoms with Crippen molar-refractivity contribution in [3.63, 3.8) is 0 Å².